The van der Waals surface area contributed by atoms with Crippen molar-refractivity contribution < 1.29 is 19.4 Å². The van der Waals surface area contributed by atoms with E-state index in [-0.39, 0.29) is 6.61 Å². The Morgan fingerprint density at radius 3 is 2.69 bits per heavy atom. The Balaban J connectivity index is 3.52. The van der Waals surface area contributed by atoms with Gasteiger partial charge < -0.3 is 9.84 Å². The molecule has 0 spiro atoms. The Kier molecular flexibility index (Phi) is 5.98. The Bertz CT molecular complexity index is 257. The quantitative estimate of drug-likeness (QED) is 0.228. The minimum atomic E-state index is -1.60. The standard InChI is InChI=1S/C9H10O4/c1-2-3-4-5-6-7-13-9(12)8(10)11/h2H,1,3-4,7H2,(H,10,11). The topological polar surface area (TPSA) is 63.6 Å². The fourth-order valence-electron chi connectivity index (χ4n) is 0.477. The predicted octanol–water partition coefficient (Wildman–Crippen LogP) is 0.584. The summed E-state index contributed by atoms with van der Waals surface area (Å²) in [5, 5.41) is 8.09. The molecule has 0 radical (unpaired) electrons. The van der Waals surface area contributed by atoms with Gasteiger partial charge in [0.1, 0.15) is 0 Å². The number of ether oxygens (including phenoxy) is 1. The smallest absolute Gasteiger partial charge is 0.418 e. The van der Waals surface area contributed by atoms with Crippen LogP contribution < -0.4 is 0 Å². The van der Waals surface area contributed by atoms with Crippen LogP contribution in [0.3, 0.4) is 0 Å². The van der Waals surface area contributed by atoms with Crippen LogP contribution in [0.5, 0.6) is 0 Å². The highest BCUT2D eigenvalue weighted by Crippen LogP contribution is 1.85. The number of carbonyl (C=O) groups is 2. The van der Waals surface area contributed by atoms with Gasteiger partial charge in [0.05, 0.1) is 0 Å². The normalized spacial score (nSPS) is 8.00. The van der Waals surface area contributed by atoms with Gasteiger partial charge in [-0.25, -0.2) is 9.59 Å². The number of carboxylic acids is 1. The minimum Gasteiger partial charge on any atom is -0.473 e. The number of esters is 1. The van der Waals surface area contributed by atoms with Crippen molar-refractivity contribution >= 4 is 11.9 Å². The molecule has 0 fully saturated rings. The lowest BCUT2D eigenvalue weighted by Gasteiger charge is -1.92. The lowest BCUT2D eigenvalue weighted by Crippen LogP contribution is -2.16. The largest absolute Gasteiger partial charge is 0.473 e. The summed E-state index contributed by atoms with van der Waals surface area (Å²) in [6.45, 7) is 3.32. The molecule has 0 atom stereocenters. The lowest BCUT2D eigenvalue weighted by molar-refractivity contribution is -0.162. The average molecular weight is 182 g/mol. The lowest BCUT2D eigenvalue weighted by atomic mass is 10.3. The van der Waals surface area contributed by atoms with Crippen LogP contribution >= 0.6 is 0 Å². The number of aliphatic carboxylic acids is 1. The number of carbonyl (C=O) groups excluding carboxylic acids is 1. The number of hydrogen-bond acceptors (Lipinski definition) is 3. The van der Waals surface area contributed by atoms with E-state index in [2.05, 4.69) is 23.2 Å². The van der Waals surface area contributed by atoms with Crippen molar-refractivity contribution in [2.24, 2.45) is 0 Å². The summed E-state index contributed by atoms with van der Waals surface area (Å²) in [5.74, 6) is 2.31. The molecule has 0 aromatic heterocycles. The van der Waals surface area contributed by atoms with E-state index in [9.17, 15) is 9.59 Å². The van der Waals surface area contributed by atoms with E-state index in [1.54, 1.807) is 6.08 Å². The molecule has 0 saturated heterocycles. The third-order valence-electron chi connectivity index (χ3n) is 1.05. The van der Waals surface area contributed by atoms with Gasteiger partial charge in [0.2, 0.25) is 0 Å². The molecule has 0 aliphatic rings. The number of rotatable bonds is 3. The van der Waals surface area contributed by atoms with Crippen LogP contribution in [0.15, 0.2) is 12.7 Å². The second kappa shape index (κ2) is 6.92. The van der Waals surface area contributed by atoms with Gasteiger partial charge >= 0.3 is 11.9 Å². The molecule has 0 bridgehead atoms. The van der Waals surface area contributed by atoms with Gasteiger partial charge in [-0.1, -0.05) is 17.9 Å². The average Bonchev–Trinajstić information content (AvgIpc) is 2.10. The van der Waals surface area contributed by atoms with E-state index in [1.807, 2.05) is 0 Å². The minimum absolute atomic E-state index is 0.178. The zero-order chi connectivity index (χ0) is 10.1. The molecule has 0 saturated carbocycles. The number of allylic oxidation sites excluding steroid dienone is 1. The van der Waals surface area contributed by atoms with Gasteiger partial charge in [0.25, 0.3) is 0 Å². The van der Waals surface area contributed by atoms with E-state index < -0.39 is 11.9 Å². The molecule has 4 heteroatoms. The maximum Gasteiger partial charge on any atom is 0.418 e. The van der Waals surface area contributed by atoms with Gasteiger partial charge in [0.15, 0.2) is 6.61 Å². The molecule has 13 heavy (non-hydrogen) atoms. The molecule has 0 aromatic rings. The van der Waals surface area contributed by atoms with E-state index in [4.69, 9.17) is 5.11 Å². The van der Waals surface area contributed by atoms with Crippen LogP contribution in [-0.4, -0.2) is 23.7 Å². The zero-order valence-corrected chi connectivity index (χ0v) is 7.08. The number of hydrogen-bond donors (Lipinski definition) is 1. The molecule has 0 rings (SSSR count). The maximum atomic E-state index is 10.3. The van der Waals surface area contributed by atoms with Crippen LogP contribution in [0.1, 0.15) is 12.8 Å². The molecule has 0 aliphatic heterocycles. The first-order chi connectivity index (χ1) is 6.18. The summed E-state index contributed by atoms with van der Waals surface area (Å²) in [6, 6.07) is 0. The Morgan fingerprint density at radius 1 is 1.46 bits per heavy atom. The highest BCUT2D eigenvalue weighted by atomic mass is 16.6. The molecule has 0 heterocycles. The summed E-state index contributed by atoms with van der Waals surface area (Å²) < 4.78 is 4.25. The van der Waals surface area contributed by atoms with Gasteiger partial charge in [-0.3, -0.25) is 0 Å². The first-order valence-corrected chi connectivity index (χ1v) is 3.65. The predicted molar refractivity (Wildman–Crippen MR) is 45.8 cm³/mol. The monoisotopic (exact) mass is 182 g/mol. The summed E-state index contributed by atoms with van der Waals surface area (Å²) >= 11 is 0. The van der Waals surface area contributed by atoms with Crippen molar-refractivity contribution in [1.29, 1.82) is 0 Å². The van der Waals surface area contributed by atoms with Crippen LogP contribution in [0.25, 0.3) is 0 Å². The van der Waals surface area contributed by atoms with Crippen molar-refractivity contribution in [2.75, 3.05) is 6.61 Å². The molecule has 0 unspecified atom stereocenters. The van der Waals surface area contributed by atoms with Gasteiger partial charge in [-0.05, 0) is 6.42 Å². The summed E-state index contributed by atoms with van der Waals surface area (Å²) in [7, 11) is 0. The van der Waals surface area contributed by atoms with E-state index in [1.165, 1.54) is 0 Å². The number of unbranched alkanes of at least 4 members (excludes halogenated alkanes) is 1. The molecule has 1 N–H and O–H groups in total. The van der Waals surface area contributed by atoms with E-state index >= 15 is 0 Å². The van der Waals surface area contributed by atoms with Crippen LogP contribution in [0, 0.1) is 11.8 Å². The molecule has 4 nitrogen and oxygen atoms in total. The first kappa shape index (κ1) is 11.2. The van der Waals surface area contributed by atoms with Gasteiger partial charge in [-0.15, -0.1) is 6.58 Å². The summed E-state index contributed by atoms with van der Waals surface area (Å²) in [4.78, 5) is 20.3. The van der Waals surface area contributed by atoms with Crippen molar-refractivity contribution in [3.8, 4) is 11.8 Å². The molecular formula is C9H10O4. The van der Waals surface area contributed by atoms with Crippen LogP contribution in [0.2, 0.25) is 0 Å². The van der Waals surface area contributed by atoms with Crippen molar-refractivity contribution in [1.82, 2.24) is 0 Å². The van der Waals surface area contributed by atoms with Crippen LogP contribution in [0.4, 0.5) is 0 Å². The third kappa shape index (κ3) is 6.63. The van der Waals surface area contributed by atoms with Gasteiger partial charge in [0, 0.05) is 6.42 Å². The summed E-state index contributed by atoms with van der Waals surface area (Å²) in [5.41, 5.74) is 0. The SMILES string of the molecule is C=CCCC#CCOC(=O)C(=O)O. The van der Waals surface area contributed by atoms with E-state index in [0.29, 0.717) is 6.42 Å². The van der Waals surface area contributed by atoms with Crippen molar-refractivity contribution in [2.45, 2.75) is 12.8 Å². The Hall–Kier alpha value is -1.76. The van der Waals surface area contributed by atoms with E-state index in [0.717, 1.165) is 6.42 Å². The Labute approximate surface area is 76.2 Å². The Morgan fingerprint density at radius 2 is 2.15 bits per heavy atom. The van der Waals surface area contributed by atoms with Crippen LogP contribution in [-0.2, 0) is 14.3 Å². The fourth-order valence-corrected chi connectivity index (χ4v) is 0.477. The first-order valence-electron chi connectivity index (χ1n) is 3.65. The van der Waals surface area contributed by atoms with Crippen molar-refractivity contribution in [3.05, 3.63) is 12.7 Å². The van der Waals surface area contributed by atoms with Crippen molar-refractivity contribution in [3.63, 3.8) is 0 Å². The van der Waals surface area contributed by atoms with Gasteiger partial charge in [-0.2, -0.15) is 0 Å². The molecule has 0 amide bonds. The maximum absolute atomic E-state index is 10.3. The second-order valence-electron chi connectivity index (χ2n) is 2.06. The fraction of sp³-hybridized carbons (Fsp3) is 0.333. The molecular weight excluding hydrogens is 172 g/mol. The molecule has 0 aromatic carbocycles. The molecule has 70 valence electrons. The molecule has 0 aliphatic carbocycles. The third-order valence-corrected chi connectivity index (χ3v) is 1.05. The number of carboxylic acid groups (broad SMARTS) is 1. The second-order valence-corrected chi connectivity index (χ2v) is 2.06. The highest BCUT2D eigenvalue weighted by molar-refractivity contribution is 6.28. The highest BCUT2D eigenvalue weighted by Gasteiger charge is 2.10. The zero-order valence-electron chi connectivity index (χ0n) is 7.08. The summed E-state index contributed by atoms with van der Waals surface area (Å²) in [6.07, 6.45) is 3.12.